The SMILES string of the molecule is COc1ccc(NC(C)=O)cc1CCNC(=O)c1cccc(Cl)c1. The molecule has 2 aromatic rings. The van der Waals surface area contributed by atoms with Crippen LogP contribution < -0.4 is 15.4 Å². The van der Waals surface area contributed by atoms with Crippen LogP contribution >= 0.6 is 11.6 Å². The number of methoxy groups -OCH3 is 1. The van der Waals surface area contributed by atoms with Crippen molar-refractivity contribution in [1.29, 1.82) is 0 Å². The Bertz CT molecular complexity index is 747. The molecule has 0 aliphatic rings. The zero-order chi connectivity index (χ0) is 17.5. The zero-order valence-electron chi connectivity index (χ0n) is 13.6. The highest BCUT2D eigenvalue weighted by atomic mass is 35.5. The first-order valence-corrected chi connectivity index (χ1v) is 7.85. The summed E-state index contributed by atoms with van der Waals surface area (Å²) in [5.41, 5.74) is 2.11. The molecule has 24 heavy (non-hydrogen) atoms. The lowest BCUT2D eigenvalue weighted by atomic mass is 10.1. The summed E-state index contributed by atoms with van der Waals surface area (Å²) in [6, 6.07) is 12.2. The Morgan fingerprint density at radius 3 is 2.62 bits per heavy atom. The van der Waals surface area contributed by atoms with Gasteiger partial charge in [0.2, 0.25) is 5.91 Å². The molecule has 0 saturated heterocycles. The van der Waals surface area contributed by atoms with Gasteiger partial charge in [-0.2, -0.15) is 0 Å². The molecule has 0 saturated carbocycles. The third-order valence-electron chi connectivity index (χ3n) is 3.37. The smallest absolute Gasteiger partial charge is 0.251 e. The standard InChI is InChI=1S/C18H19ClN2O3/c1-12(22)21-16-6-7-17(24-2)13(11-16)8-9-20-18(23)14-4-3-5-15(19)10-14/h3-7,10-11H,8-9H2,1-2H3,(H,20,23)(H,21,22). The number of ether oxygens (including phenoxy) is 1. The lowest BCUT2D eigenvalue weighted by molar-refractivity contribution is -0.114. The molecular formula is C18H19ClN2O3. The summed E-state index contributed by atoms with van der Waals surface area (Å²) in [6.07, 6.45) is 0.572. The van der Waals surface area contributed by atoms with E-state index in [-0.39, 0.29) is 11.8 Å². The minimum absolute atomic E-state index is 0.139. The van der Waals surface area contributed by atoms with Crippen LogP contribution in [0.2, 0.25) is 5.02 Å². The van der Waals surface area contributed by atoms with Crippen molar-refractivity contribution in [3.05, 3.63) is 58.6 Å². The molecule has 2 N–H and O–H groups in total. The van der Waals surface area contributed by atoms with Crippen molar-refractivity contribution in [3.63, 3.8) is 0 Å². The first-order chi connectivity index (χ1) is 11.5. The van der Waals surface area contributed by atoms with Crippen LogP contribution in [0.3, 0.4) is 0 Å². The fraction of sp³-hybridized carbons (Fsp3) is 0.222. The second-order valence-electron chi connectivity index (χ2n) is 5.22. The normalized spacial score (nSPS) is 10.1. The van der Waals surface area contributed by atoms with Crippen LogP contribution in [0.4, 0.5) is 5.69 Å². The van der Waals surface area contributed by atoms with E-state index < -0.39 is 0 Å². The highest BCUT2D eigenvalue weighted by Gasteiger charge is 2.08. The Morgan fingerprint density at radius 2 is 1.96 bits per heavy atom. The van der Waals surface area contributed by atoms with E-state index in [0.717, 1.165) is 5.56 Å². The predicted molar refractivity (Wildman–Crippen MR) is 94.8 cm³/mol. The summed E-state index contributed by atoms with van der Waals surface area (Å²) in [4.78, 5) is 23.3. The molecule has 0 aromatic heterocycles. The highest BCUT2D eigenvalue weighted by molar-refractivity contribution is 6.30. The number of hydrogen-bond donors (Lipinski definition) is 2. The highest BCUT2D eigenvalue weighted by Crippen LogP contribution is 2.23. The van der Waals surface area contributed by atoms with Crippen LogP contribution in [0, 0.1) is 0 Å². The molecule has 0 bridgehead atoms. The lowest BCUT2D eigenvalue weighted by Gasteiger charge is -2.12. The first-order valence-electron chi connectivity index (χ1n) is 7.48. The van der Waals surface area contributed by atoms with Gasteiger partial charge in [-0.3, -0.25) is 9.59 Å². The van der Waals surface area contributed by atoms with Gasteiger partial charge >= 0.3 is 0 Å². The second-order valence-corrected chi connectivity index (χ2v) is 5.66. The predicted octanol–water partition coefficient (Wildman–Crippen LogP) is 3.28. The lowest BCUT2D eigenvalue weighted by Crippen LogP contribution is -2.25. The van der Waals surface area contributed by atoms with Gasteiger partial charge in [0.05, 0.1) is 7.11 Å². The van der Waals surface area contributed by atoms with Crippen molar-refractivity contribution < 1.29 is 14.3 Å². The van der Waals surface area contributed by atoms with Crippen LogP contribution in [0.15, 0.2) is 42.5 Å². The monoisotopic (exact) mass is 346 g/mol. The maximum Gasteiger partial charge on any atom is 0.251 e. The fourth-order valence-electron chi connectivity index (χ4n) is 2.30. The van der Waals surface area contributed by atoms with Crippen molar-refractivity contribution in [2.24, 2.45) is 0 Å². The largest absolute Gasteiger partial charge is 0.496 e. The molecule has 2 amide bonds. The molecule has 0 radical (unpaired) electrons. The third-order valence-corrected chi connectivity index (χ3v) is 3.60. The molecule has 0 fully saturated rings. The van der Waals surface area contributed by atoms with Crippen LogP contribution in [0.25, 0.3) is 0 Å². The molecule has 0 spiro atoms. The maximum absolute atomic E-state index is 12.1. The Balaban J connectivity index is 2.00. The molecule has 0 aliphatic carbocycles. The number of rotatable bonds is 6. The van der Waals surface area contributed by atoms with Gasteiger partial charge in [0, 0.05) is 29.7 Å². The number of hydrogen-bond acceptors (Lipinski definition) is 3. The Labute approximate surface area is 146 Å². The summed E-state index contributed by atoms with van der Waals surface area (Å²) in [5.74, 6) is 0.385. The number of amides is 2. The number of carbonyl (C=O) groups is 2. The van der Waals surface area contributed by atoms with Crippen LogP contribution in [-0.4, -0.2) is 25.5 Å². The summed E-state index contributed by atoms with van der Waals surface area (Å²) >= 11 is 5.89. The number of halogens is 1. The topological polar surface area (TPSA) is 67.4 Å². The second kappa shape index (κ2) is 8.36. The third kappa shape index (κ3) is 4.99. The Kier molecular flexibility index (Phi) is 6.21. The van der Waals surface area contributed by atoms with Gasteiger partial charge in [-0.1, -0.05) is 17.7 Å². The molecule has 0 heterocycles. The molecule has 0 aliphatic heterocycles. The van der Waals surface area contributed by atoms with Crippen molar-refractivity contribution in [2.45, 2.75) is 13.3 Å². The minimum Gasteiger partial charge on any atom is -0.496 e. The van der Waals surface area contributed by atoms with E-state index >= 15 is 0 Å². The molecule has 126 valence electrons. The summed E-state index contributed by atoms with van der Waals surface area (Å²) in [5, 5.41) is 6.10. The first kappa shape index (κ1) is 17.8. The van der Waals surface area contributed by atoms with Gasteiger partial charge in [-0.25, -0.2) is 0 Å². The molecule has 0 atom stereocenters. The van der Waals surface area contributed by atoms with Gasteiger partial charge in [0.25, 0.3) is 5.91 Å². The van der Waals surface area contributed by atoms with Crippen molar-refractivity contribution in [1.82, 2.24) is 5.32 Å². The van der Waals surface area contributed by atoms with Crippen molar-refractivity contribution in [3.8, 4) is 5.75 Å². The average Bonchev–Trinajstić information content (AvgIpc) is 2.54. The number of nitrogens with one attached hydrogen (secondary N) is 2. The molecule has 5 nitrogen and oxygen atoms in total. The fourth-order valence-corrected chi connectivity index (χ4v) is 2.49. The quantitative estimate of drug-likeness (QED) is 0.843. The Hall–Kier alpha value is -2.53. The van der Waals surface area contributed by atoms with E-state index in [1.165, 1.54) is 6.92 Å². The van der Waals surface area contributed by atoms with Crippen molar-refractivity contribution in [2.75, 3.05) is 19.0 Å². The number of carbonyl (C=O) groups excluding carboxylic acids is 2. The van der Waals surface area contributed by atoms with Gasteiger partial charge in [0.1, 0.15) is 5.75 Å². The molecule has 2 aromatic carbocycles. The van der Waals surface area contributed by atoms with Gasteiger partial charge in [-0.05, 0) is 48.4 Å². The molecular weight excluding hydrogens is 328 g/mol. The van der Waals surface area contributed by atoms with E-state index in [0.29, 0.717) is 35.0 Å². The Morgan fingerprint density at radius 1 is 1.17 bits per heavy atom. The van der Waals surface area contributed by atoms with Crippen molar-refractivity contribution >= 4 is 29.1 Å². The molecule has 2 rings (SSSR count). The summed E-state index contributed by atoms with van der Waals surface area (Å²) in [6.45, 7) is 1.89. The van der Waals surface area contributed by atoms with E-state index in [1.54, 1.807) is 43.5 Å². The van der Waals surface area contributed by atoms with Crippen LogP contribution in [0.5, 0.6) is 5.75 Å². The van der Waals surface area contributed by atoms with E-state index in [1.807, 2.05) is 6.07 Å². The summed E-state index contributed by atoms with van der Waals surface area (Å²) in [7, 11) is 1.58. The molecule has 0 unspecified atom stereocenters. The number of anilines is 1. The van der Waals surface area contributed by atoms with E-state index in [2.05, 4.69) is 10.6 Å². The minimum atomic E-state index is -0.186. The van der Waals surface area contributed by atoms with Gasteiger partial charge in [-0.15, -0.1) is 0 Å². The van der Waals surface area contributed by atoms with Gasteiger partial charge < -0.3 is 15.4 Å². The molecule has 6 heteroatoms. The van der Waals surface area contributed by atoms with E-state index in [9.17, 15) is 9.59 Å². The zero-order valence-corrected chi connectivity index (χ0v) is 14.3. The van der Waals surface area contributed by atoms with Crippen LogP contribution in [-0.2, 0) is 11.2 Å². The number of benzene rings is 2. The average molecular weight is 347 g/mol. The van der Waals surface area contributed by atoms with Crippen LogP contribution in [0.1, 0.15) is 22.8 Å². The maximum atomic E-state index is 12.1. The van der Waals surface area contributed by atoms with E-state index in [4.69, 9.17) is 16.3 Å². The summed E-state index contributed by atoms with van der Waals surface area (Å²) < 4.78 is 5.32. The van der Waals surface area contributed by atoms with Gasteiger partial charge in [0.15, 0.2) is 0 Å².